The number of nitrogens with zero attached hydrogens (tertiary/aromatic N) is 4. The Hall–Kier alpha value is -1.45. The van der Waals surface area contributed by atoms with Gasteiger partial charge in [0.05, 0.1) is 23.6 Å². The maximum atomic E-state index is 4.09. The average Bonchev–Trinajstić information content (AvgIpc) is 2.34. The van der Waals surface area contributed by atoms with Crippen LogP contribution in [0.2, 0.25) is 0 Å². The lowest BCUT2D eigenvalue weighted by Crippen LogP contribution is -1.94. The van der Waals surface area contributed by atoms with Gasteiger partial charge >= 0.3 is 0 Å². The van der Waals surface area contributed by atoms with E-state index < -0.39 is 0 Å². The predicted molar refractivity (Wildman–Crippen MR) is 41.0 cm³/mol. The third-order valence-corrected chi connectivity index (χ3v) is 1.71. The molecule has 0 saturated carbocycles. The van der Waals surface area contributed by atoms with E-state index in [-0.39, 0.29) is 0 Å². The molecule has 0 spiro atoms. The summed E-state index contributed by atoms with van der Waals surface area (Å²) < 4.78 is 1.80. The molecular formula is C7H8N4. The van der Waals surface area contributed by atoms with E-state index in [1.54, 1.807) is 17.1 Å². The zero-order valence-corrected chi connectivity index (χ0v) is 6.44. The highest BCUT2D eigenvalue weighted by atomic mass is 15.3. The van der Waals surface area contributed by atoms with Crippen LogP contribution in [0, 0.1) is 6.92 Å². The Bertz CT molecular complexity index is 390. The van der Waals surface area contributed by atoms with Gasteiger partial charge in [-0.15, -0.1) is 0 Å². The van der Waals surface area contributed by atoms with Crippen molar-refractivity contribution in [2.45, 2.75) is 6.92 Å². The standard InChI is InChI=1S/C7H8N4/c1-5-7-6(3-8-10-5)4-9-11(7)2/h3-4H,1-2H3. The molecule has 2 rings (SSSR count). The number of fused-ring (bicyclic) bond motifs is 1. The minimum Gasteiger partial charge on any atom is -0.266 e. The normalized spacial score (nSPS) is 10.7. The van der Waals surface area contributed by atoms with Gasteiger partial charge < -0.3 is 0 Å². The SMILES string of the molecule is Cc1nncc2cnn(C)c12. The molecule has 4 nitrogen and oxygen atoms in total. The molecule has 0 aromatic carbocycles. The summed E-state index contributed by atoms with van der Waals surface area (Å²) in [5.74, 6) is 0. The van der Waals surface area contributed by atoms with E-state index in [0.29, 0.717) is 0 Å². The number of aryl methyl sites for hydroxylation is 2. The summed E-state index contributed by atoms with van der Waals surface area (Å²) in [7, 11) is 1.90. The molecule has 56 valence electrons. The smallest absolute Gasteiger partial charge is 0.0925 e. The van der Waals surface area contributed by atoms with Gasteiger partial charge in [0.15, 0.2) is 0 Å². The van der Waals surface area contributed by atoms with Crippen molar-refractivity contribution in [1.29, 1.82) is 0 Å². The third kappa shape index (κ3) is 0.790. The van der Waals surface area contributed by atoms with Crippen LogP contribution in [0.15, 0.2) is 12.4 Å². The van der Waals surface area contributed by atoms with E-state index in [0.717, 1.165) is 16.6 Å². The summed E-state index contributed by atoms with van der Waals surface area (Å²) >= 11 is 0. The lowest BCUT2D eigenvalue weighted by molar-refractivity contribution is 0.789. The maximum absolute atomic E-state index is 4.09. The van der Waals surface area contributed by atoms with Crippen molar-refractivity contribution in [1.82, 2.24) is 20.0 Å². The monoisotopic (exact) mass is 148 g/mol. The Morgan fingerprint density at radius 3 is 2.91 bits per heavy atom. The van der Waals surface area contributed by atoms with Crippen molar-refractivity contribution in [3.05, 3.63) is 18.1 Å². The molecular weight excluding hydrogens is 140 g/mol. The fourth-order valence-corrected chi connectivity index (χ4v) is 1.22. The minimum absolute atomic E-state index is 0.919. The highest BCUT2D eigenvalue weighted by Crippen LogP contribution is 2.12. The number of hydrogen-bond donors (Lipinski definition) is 0. The Morgan fingerprint density at radius 2 is 2.18 bits per heavy atom. The topological polar surface area (TPSA) is 43.6 Å². The average molecular weight is 148 g/mol. The second-order valence-corrected chi connectivity index (χ2v) is 2.50. The van der Waals surface area contributed by atoms with Crippen LogP contribution in [0.3, 0.4) is 0 Å². The first-order chi connectivity index (χ1) is 5.29. The van der Waals surface area contributed by atoms with E-state index in [1.807, 2.05) is 14.0 Å². The molecule has 2 heterocycles. The van der Waals surface area contributed by atoms with Crippen LogP contribution in [-0.2, 0) is 7.05 Å². The number of aromatic nitrogens is 4. The minimum atomic E-state index is 0.919. The molecule has 4 heteroatoms. The summed E-state index contributed by atoms with van der Waals surface area (Å²) in [6.45, 7) is 1.93. The molecule has 0 aliphatic heterocycles. The van der Waals surface area contributed by atoms with Gasteiger partial charge in [0, 0.05) is 12.4 Å². The van der Waals surface area contributed by atoms with Crippen LogP contribution in [0.5, 0.6) is 0 Å². The molecule has 0 aliphatic carbocycles. The fraction of sp³-hybridized carbons (Fsp3) is 0.286. The lowest BCUT2D eigenvalue weighted by atomic mass is 10.3. The van der Waals surface area contributed by atoms with Crippen molar-refractivity contribution in [3.8, 4) is 0 Å². The van der Waals surface area contributed by atoms with Gasteiger partial charge in [0.2, 0.25) is 0 Å². The Labute approximate surface area is 63.9 Å². The van der Waals surface area contributed by atoms with Crippen molar-refractivity contribution in [3.63, 3.8) is 0 Å². The van der Waals surface area contributed by atoms with Gasteiger partial charge in [-0.3, -0.25) is 4.68 Å². The van der Waals surface area contributed by atoms with Gasteiger partial charge in [-0.05, 0) is 6.92 Å². The second kappa shape index (κ2) is 2.02. The molecule has 2 aromatic rings. The molecule has 0 atom stereocenters. The van der Waals surface area contributed by atoms with Gasteiger partial charge in [0.1, 0.15) is 0 Å². The van der Waals surface area contributed by atoms with Crippen LogP contribution in [0.4, 0.5) is 0 Å². The van der Waals surface area contributed by atoms with Crippen LogP contribution >= 0.6 is 0 Å². The van der Waals surface area contributed by atoms with Crippen molar-refractivity contribution in [2.24, 2.45) is 7.05 Å². The first-order valence-electron chi connectivity index (χ1n) is 3.39. The summed E-state index contributed by atoms with van der Waals surface area (Å²) in [6, 6.07) is 0. The van der Waals surface area contributed by atoms with E-state index in [2.05, 4.69) is 15.3 Å². The van der Waals surface area contributed by atoms with Crippen molar-refractivity contribution in [2.75, 3.05) is 0 Å². The van der Waals surface area contributed by atoms with Crippen LogP contribution in [0.25, 0.3) is 10.9 Å². The molecule has 11 heavy (non-hydrogen) atoms. The molecule has 0 bridgehead atoms. The Balaban J connectivity index is 2.96. The summed E-state index contributed by atoms with van der Waals surface area (Å²) in [5.41, 5.74) is 1.97. The van der Waals surface area contributed by atoms with Crippen LogP contribution < -0.4 is 0 Å². The predicted octanol–water partition coefficient (Wildman–Crippen LogP) is 0.672. The molecule has 0 saturated heterocycles. The Kier molecular flexibility index (Phi) is 1.15. The van der Waals surface area contributed by atoms with Gasteiger partial charge in [-0.1, -0.05) is 0 Å². The van der Waals surface area contributed by atoms with Crippen LogP contribution in [0.1, 0.15) is 5.69 Å². The van der Waals surface area contributed by atoms with Gasteiger partial charge in [0.25, 0.3) is 0 Å². The highest BCUT2D eigenvalue weighted by molar-refractivity contribution is 5.79. The molecule has 0 fully saturated rings. The first-order valence-corrected chi connectivity index (χ1v) is 3.39. The zero-order chi connectivity index (χ0) is 7.84. The summed E-state index contributed by atoms with van der Waals surface area (Å²) in [5, 5.41) is 12.9. The van der Waals surface area contributed by atoms with Gasteiger partial charge in [-0.2, -0.15) is 15.3 Å². The lowest BCUT2D eigenvalue weighted by Gasteiger charge is -1.94. The molecule has 2 aromatic heterocycles. The quantitative estimate of drug-likeness (QED) is 0.551. The van der Waals surface area contributed by atoms with E-state index in [1.165, 1.54) is 0 Å². The van der Waals surface area contributed by atoms with E-state index >= 15 is 0 Å². The second-order valence-electron chi connectivity index (χ2n) is 2.50. The van der Waals surface area contributed by atoms with Crippen molar-refractivity contribution >= 4 is 10.9 Å². The fourth-order valence-electron chi connectivity index (χ4n) is 1.22. The molecule has 0 radical (unpaired) electrons. The van der Waals surface area contributed by atoms with E-state index in [4.69, 9.17) is 0 Å². The first kappa shape index (κ1) is 6.27. The largest absolute Gasteiger partial charge is 0.266 e. The zero-order valence-electron chi connectivity index (χ0n) is 6.44. The highest BCUT2D eigenvalue weighted by Gasteiger charge is 2.02. The molecule has 0 unspecified atom stereocenters. The number of rotatable bonds is 0. The number of hydrogen-bond acceptors (Lipinski definition) is 3. The maximum Gasteiger partial charge on any atom is 0.0925 e. The molecule has 0 N–H and O–H groups in total. The van der Waals surface area contributed by atoms with Crippen molar-refractivity contribution < 1.29 is 0 Å². The third-order valence-electron chi connectivity index (χ3n) is 1.71. The molecule has 0 amide bonds. The van der Waals surface area contributed by atoms with Gasteiger partial charge in [-0.25, -0.2) is 0 Å². The summed E-state index contributed by atoms with van der Waals surface area (Å²) in [6.07, 6.45) is 3.51. The summed E-state index contributed by atoms with van der Waals surface area (Å²) in [4.78, 5) is 0. The van der Waals surface area contributed by atoms with E-state index in [9.17, 15) is 0 Å². The Morgan fingerprint density at radius 1 is 1.36 bits per heavy atom. The van der Waals surface area contributed by atoms with Crippen LogP contribution in [-0.4, -0.2) is 20.0 Å². The molecule has 0 aliphatic rings.